The number of Topliss-reactive ketones (excluding diaryl/α,β-unsaturated/α-hetero) is 1. The van der Waals surface area contributed by atoms with Crippen molar-refractivity contribution in [3.05, 3.63) is 0 Å². The van der Waals surface area contributed by atoms with Crippen LogP contribution in [-0.2, 0) is 9.59 Å². The molecule has 0 aromatic heterocycles. The normalized spacial score (nSPS) is 55.9. The lowest BCUT2D eigenvalue weighted by molar-refractivity contribution is -0.263. The second-order valence-corrected chi connectivity index (χ2v) is 14.4. The van der Waals surface area contributed by atoms with Gasteiger partial charge in [0.15, 0.2) is 0 Å². The zero-order valence-electron chi connectivity index (χ0n) is 22.1. The summed E-state index contributed by atoms with van der Waals surface area (Å²) in [4.78, 5) is 25.4. The first-order valence-corrected chi connectivity index (χ1v) is 13.8. The number of hydrogen-bond donors (Lipinski definition) is 3. The van der Waals surface area contributed by atoms with E-state index >= 15 is 0 Å². The van der Waals surface area contributed by atoms with Crippen molar-refractivity contribution in [2.75, 3.05) is 0 Å². The summed E-state index contributed by atoms with van der Waals surface area (Å²) in [7, 11) is 0. The Morgan fingerprint density at radius 2 is 1.47 bits per heavy atom. The maximum Gasteiger partial charge on any atom is 0.309 e. The Balaban J connectivity index is 1.57. The zero-order chi connectivity index (χ0) is 25.1. The minimum absolute atomic E-state index is 0.0172. The van der Waals surface area contributed by atoms with Crippen LogP contribution < -0.4 is 0 Å². The van der Waals surface area contributed by atoms with E-state index in [2.05, 4.69) is 34.6 Å². The van der Waals surface area contributed by atoms with Crippen molar-refractivity contribution in [2.24, 2.45) is 56.7 Å². The van der Waals surface area contributed by atoms with E-state index in [4.69, 9.17) is 0 Å². The molecule has 4 unspecified atom stereocenters. The average Bonchev–Trinajstić information content (AvgIpc) is 3.14. The molecule has 5 rings (SSSR count). The van der Waals surface area contributed by atoms with E-state index in [9.17, 15) is 24.9 Å². The first-order chi connectivity index (χ1) is 15.7. The van der Waals surface area contributed by atoms with Crippen molar-refractivity contribution in [2.45, 2.75) is 112 Å². The fraction of sp³-hybridized carbons (Fsp3) is 0.931. The summed E-state index contributed by atoms with van der Waals surface area (Å²) in [5.74, 6) is 0.343. The molecule has 0 saturated heterocycles. The summed E-state index contributed by atoms with van der Waals surface area (Å²) >= 11 is 0. The summed E-state index contributed by atoms with van der Waals surface area (Å²) in [5, 5.41) is 32.2. The van der Waals surface area contributed by atoms with Crippen molar-refractivity contribution < 1.29 is 24.9 Å². The van der Waals surface area contributed by atoms with E-state index in [1.54, 1.807) is 6.92 Å². The fourth-order valence-corrected chi connectivity index (χ4v) is 11.6. The molecule has 0 bridgehead atoms. The van der Waals surface area contributed by atoms with Crippen molar-refractivity contribution in [3.63, 3.8) is 0 Å². The molecule has 5 saturated carbocycles. The van der Waals surface area contributed by atoms with Gasteiger partial charge in [0, 0.05) is 5.92 Å². The van der Waals surface area contributed by atoms with Gasteiger partial charge in [0.1, 0.15) is 5.78 Å². The van der Waals surface area contributed by atoms with Crippen LogP contribution in [0.4, 0.5) is 0 Å². The highest BCUT2D eigenvalue weighted by atomic mass is 16.4. The molecule has 192 valence electrons. The number of ketones is 1. The van der Waals surface area contributed by atoms with Crippen molar-refractivity contribution in [1.82, 2.24) is 0 Å². The molecular weight excluding hydrogens is 428 g/mol. The molecule has 11 atom stereocenters. The molecule has 5 heteroatoms. The van der Waals surface area contributed by atoms with Gasteiger partial charge < -0.3 is 15.3 Å². The van der Waals surface area contributed by atoms with Gasteiger partial charge in [-0.05, 0) is 110 Å². The number of carbonyl (C=O) groups excluding carboxylic acids is 1. The topological polar surface area (TPSA) is 94.8 Å². The highest BCUT2D eigenvalue weighted by Crippen LogP contribution is 2.77. The van der Waals surface area contributed by atoms with Gasteiger partial charge in [-0.3, -0.25) is 9.59 Å². The Labute approximate surface area is 205 Å². The van der Waals surface area contributed by atoms with Crippen molar-refractivity contribution in [1.29, 1.82) is 0 Å². The van der Waals surface area contributed by atoms with E-state index in [0.717, 1.165) is 38.5 Å². The molecule has 0 amide bonds. The first-order valence-electron chi connectivity index (χ1n) is 13.8. The Morgan fingerprint density at radius 1 is 0.794 bits per heavy atom. The van der Waals surface area contributed by atoms with Gasteiger partial charge in [-0.2, -0.15) is 0 Å². The Bertz CT molecular complexity index is 897. The van der Waals surface area contributed by atoms with E-state index < -0.39 is 23.6 Å². The molecule has 0 heterocycles. The maximum atomic E-state index is 12.7. The number of aliphatic hydroxyl groups excluding tert-OH is 2. The molecule has 0 aromatic rings. The number of carboxylic acid groups (broad SMARTS) is 1. The Kier molecular flexibility index (Phi) is 5.32. The predicted molar refractivity (Wildman–Crippen MR) is 130 cm³/mol. The number of hydrogen-bond acceptors (Lipinski definition) is 4. The third kappa shape index (κ3) is 2.75. The summed E-state index contributed by atoms with van der Waals surface area (Å²) in [6, 6.07) is 0. The smallest absolute Gasteiger partial charge is 0.309 e. The lowest BCUT2D eigenvalue weighted by Crippen LogP contribution is -2.68. The van der Waals surface area contributed by atoms with Crippen LogP contribution in [0.3, 0.4) is 0 Å². The lowest BCUT2D eigenvalue weighted by atomic mass is 9.32. The van der Waals surface area contributed by atoms with Crippen LogP contribution in [0, 0.1) is 56.7 Å². The van der Waals surface area contributed by atoms with Crippen LogP contribution in [0.2, 0.25) is 0 Å². The number of aliphatic carboxylic acids is 1. The third-order valence-corrected chi connectivity index (χ3v) is 13.3. The van der Waals surface area contributed by atoms with Gasteiger partial charge in [0.25, 0.3) is 0 Å². The molecule has 3 N–H and O–H groups in total. The molecule has 0 spiro atoms. The van der Waals surface area contributed by atoms with Crippen LogP contribution in [0.5, 0.6) is 0 Å². The van der Waals surface area contributed by atoms with Crippen LogP contribution in [0.1, 0.15) is 99.3 Å². The number of rotatable bonds is 2. The molecule has 5 nitrogen and oxygen atoms in total. The van der Waals surface area contributed by atoms with Gasteiger partial charge >= 0.3 is 5.97 Å². The molecule has 5 fully saturated rings. The molecule has 5 aliphatic rings. The minimum atomic E-state index is -0.738. The fourth-order valence-electron chi connectivity index (χ4n) is 11.6. The largest absolute Gasteiger partial charge is 0.481 e. The number of carboxylic acids is 1. The standard InChI is InChI=1S/C29H46O5/c1-16(30)17-9-12-29(24(33)34)14-13-27(5)18(22(17)29)7-8-21-26(4)15-19(31)23(32)25(2,3)20(26)10-11-28(21,27)6/h17-23,31-32H,7-15H2,1-6H3,(H,33,34)/t17-,18?,19-,20?,21?,22?,23-,26-,27+,28+,29-/m0/s1. The van der Waals surface area contributed by atoms with Gasteiger partial charge in [-0.1, -0.05) is 34.6 Å². The van der Waals surface area contributed by atoms with Crippen LogP contribution in [-0.4, -0.2) is 39.3 Å². The summed E-state index contributed by atoms with van der Waals surface area (Å²) in [5.41, 5.74) is -1.11. The van der Waals surface area contributed by atoms with Gasteiger partial charge in [-0.15, -0.1) is 0 Å². The zero-order valence-corrected chi connectivity index (χ0v) is 22.1. The molecule has 5 aliphatic carbocycles. The van der Waals surface area contributed by atoms with Crippen molar-refractivity contribution in [3.8, 4) is 0 Å². The molecule has 34 heavy (non-hydrogen) atoms. The van der Waals surface area contributed by atoms with E-state index in [-0.39, 0.29) is 45.2 Å². The summed E-state index contributed by atoms with van der Waals surface area (Å²) in [6.07, 6.45) is 6.31. The maximum absolute atomic E-state index is 12.7. The average molecular weight is 475 g/mol. The molecular formula is C29H46O5. The quantitative estimate of drug-likeness (QED) is 0.519. The Hall–Kier alpha value is -0.940. The highest BCUT2D eigenvalue weighted by molar-refractivity contribution is 5.83. The number of carbonyl (C=O) groups is 2. The molecule has 0 aromatic carbocycles. The van der Waals surface area contributed by atoms with E-state index in [0.29, 0.717) is 31.1 Å². The lowest BCUT2D eigenvalue weighted by Gasteiger charge is -2.73. The van der Waals surface area contributed by atoms with E-state index in [1.165, 1.54) is 0 Å². The van der Waals surface area contributed by atoms with E-state index in [1.807, 2.05) is 0 Å². The molecule has 0 aliphatic heterocycles. The summed E-state index contributed by atoms with van der Waals surface area (Å²) < 4.78 is 0. The summed E-state index contributed by atoms with van der Waals surface area (Å²) in [6.45, 7) is 13.2. The van der Waals surface area contributed by atoms with Crippen LogP contribution >= 0.6 is 0 Å². The number of fused-ring (bicyclic) bond motifs is 7. The van der Waals surface area contributed by atoms with Gasteiger partial charge in [-0.25, -0.2) is 0 Å². The highest BCUT2D eigenvalue weighted by Gasteiger charge is 2.72. The van der Waals surface area contributed by atoms with Crippen molar-refractivity contribution >= 4 is 11.8 Å². The first kappa shape index (κ1) is 24.7. The predicted octanol–water partition coefficient (Wildman–Crippen LogP) is 5.07. The van der Waals surface area contributed by atoms with Crippen LogP contribution in [0.25, 0.3) is 0 Å². The number of aliphatic hydroxyl groups is 2. The minimum Gasteiger partial charge on any atom is -0.481 e. The Morgan fingerprint density at radius 3 is 2.09 bits per heavy atom. The molecule has 0 radical (unpaired) electrons. The second-order valence-electron chi connectivity index (χ2n) is 14.4. The van der Waals surface area contributed by atoms with Gasteiger partial charge in [0.05, 0.1) is 17.6 Å². The van der Waals surface area contributed by atoms with Gasteiger partial charge in [0.2, 0.25) is 0 Å². The SMILES string of the molecule is CC(=O)[C@@H]1CC[C@]2(C(=O)O)CC[C@]3(C)C(CCC4[C@@]5(C)C[C@H](O)[C@H](O)C(C)(C)C5CC[C@]43C)C12. The second kappa shape index (κ2) is 7.31. The third-order valence-electron chi connectivity index (χ3n) is 13.3. The monoisotopic (exact) mass is 474 g/mol. The van der Waals surface area contributed by atoms with Crippen LogP contribution in [0.15, 0.2) is 0 Å².